The van der Waals surface area contributed by atoms with Crippen LogP contribution in [0.2, 0.25) is 0 Å². The molecule has 16 heavy (non-hydrogen) atoms. The number of carbonyl (C=O) groups excluding carboxylic acids is 1. The van der Waals surface area contributed by atoms with Crippen LogP contribution in [0.3, 0.4) is 0 Å². The molecular formula is C11H9FN2O2. The first-order valence-electron chi connectivity index (χ1n) is 4.65. The number of fused-ring (bicyclic) bond motifs is 1. The molecule has 82 valence electrons. The summed E-state index contributed by atoms with van der Waals surface area (Å²) in [6, 6.07) is 5.01. The second kappa shape index (κ2) is 4.22. The molecule has 0 atom stereocenters. The molecule has 0 unspecified atom stereocenters. The highest BCUT2D eigenvalue weighted by atomic mass is 19.1. The highest BCUT2D eigenvalue weighted by Crippen LogP contribution is 2.16. The summed E-state index contributed by atoms with van der Waals surface area (Å²) in [5, 5.41) is 0.681. The van der Waals surface area contributed by atoms with Crippen LogP contribution in [0.4, 0.5) is 4.39 Å². The summed E-state index contributed by atoms with van der Waals surface area (Å²) in [6.45, 7) is -0.822. The van der Waals surface area contributed by atoms with E-state index >= 15 is 0 Å². The number of carbonyl (C=O) groups is 1. The van der Waals surface area contributed by atoms with Crippen molar-refractivity contribution in [3.05, 3.63) is 35.7 Å². The van der Waals surface area contributed by atoms with Crippen LogP contribution in [0, 0.1) is 0 Å². The van der Waals surface area contributed by atoms with Gasteiger partial charge in [0.15, 0.2) is 5.65 Å². The van der Waals surface area contributed by atoms with Gasteiger partial charge in [0, 0.05) is 11.6 Å². The smallest absolute Gasteiger partial charge is 0.339 e. The topological polar surface area (TPSA) is 52.1 Å². The molecular weight excluding hydrogens is 211 g/mol. The number of esters is 1. The predicted octanol–water partition coefficient (Wildman–Crippen LogP) is 1.89. The second-order valence-corrected chi connectivity index (χ2v) is 3.16. The lowest BCUT2D eigenvalue weighted by molar-refractivity contribution is 0.0598. The molecule has 0 fully saturated rings. The van der Waals surface area contributed by atoms with Crippen LogP contribution in [0.1, 0.15) is 16.1 Å². The van der Waals surface area contributed by atoms with Crippen LogP contribution >= 0.6 is 0 Å². The Balaban J connectivity index is 2.67. The first-order chi connectivity index (χ1) is 7.76. The highest BCUT2D eigenvalue weighted by Gasteiger charge is 2.14. The number of ether oxygens (including phenoxy) is 1. The van der Waals surface area contributed by atoms with Crippen LogP contribution in [0.25, 0.3) is 11.0 Å². The van der Waals surface area contributed by atoms with Crippen molar-refractivity contribution >= 4 is 17.0 Å². The Hall–Kier alpha value is -2.04. The van der Waals surface area contributed by atoms with Gasteiger partial charge in [0.25, 0.3) is 0 Å². The maximum Gasteiger partial charge on any atom is 0.339 e. The van der Waals surface area contributed by atoms with Crippen molar-refractivity contribution in [1.82, 2.24) is 9.97 Å². The van der Waals surface area contributed by atoms with Crippen LogP contribution < -0.4 is 0 Å². The van der Waals surface area contributed by atoms with E-state index in [1.54, 1.807) is 18.3 Å². The van der Waals surface area contributed by atoms with Crippen LogP contribution in [-0.4, -0.2) is 23.0 Å². The van der Waals surface area contributed by atoms with Gasteiger partial charge in [-0.1, -0.05) is 0 Å². The third kappa shape index (κ3) is 1.71. The van der Waals surface area contributed by atoms with Gasteiger partial charge in [-0.25, -0.2) is 19.2 Å². The average Bonchev–Trinajstić information content (AvgIpc) is 2.36. The molecule has 0 aliphatic heterocycles. The van der Waals surface area contributed by atoms with E-state index in [4.69, 9.17) is 0 Å². The minimum Gasteiger partial charge on any atom is -0.465 e. The molecule has 2 heterocycles. The summed E-state index contributed by atoms with van der Waals surface area (Å²) in [4.78, 5) is 19.3. The van der Waals surface area contributed by atoms with Crippen LogP contribution in [0.5, 0.6) is 0 Å². The molecule has 0 bridgehead atoms. The van der Waals surface area contributed by atoms with Gasteiger partial charge < -0.3 is 4.74 Å². The molecule has 0 aliphatic carbocycles. The van der Waals surface area contributed by atoms with Crippen molar-refractivity contribution in [3.63, 3.8) is 0 Å². The standard InChI is InChI=1S/C11H9FN2O2/c1-16-11(15)8-5-7-3-2-4-13-10(7)14-9(8)6-12/h2-5H,6H2,1H3. The first kappa shape index (κ1) is 10.5. The second-order valence-electron chi connectivity index (χ2n) is 3.16. The lowest BCUT2D eigenvalue weighted by Crippen LogP contribution is -2.07. The number of hydrogen-bond acceptors (Lipinski definition) is 4. The van der Waals surface area contributed by atoms with Crippen molar-refractivity contribution in [2.75, 3.05) is 7.11 Å². The molecule has 0 spiro atoms. The normalized spacial score (nSPS) is 10.4. The SMILES string of the molecule is COC(=O)c1cc2cccnc2nc1CF. The van der Waals surface area contributed by atoms with E-state index in [2.05, 4.69) is 14.7 Å². The summed E-state index contributed by atoms with van der Waals surface area (Å²) in [5.41, 5.74) is 0.617. The van der Waals surface area contributed by atoms with Gasteiger partial charge in [-0.3, -0.25) is 0 Å². The Morgan fingerprint density at radius 2 is 2.38 bits per heavy atom. The van der Waals surface area contributed by atoms with Crippen molar-refractivity contribution in [2.45, 2.75) is 6.67 Å². The molecule has 2 aromatic heterocycles. The number of pyridine rings is 2. The van der Waals surface area contributed by atoms with E-state index in [1.807, 2.05) is 0 Å². The zero-order valence-electron chi connectivity index (χ0n) is 8.61. The summed E-state index contributed by atoms with van der Waals surface area (Å²) in [6.07, 6.45) is 1.56. The van der Waals surface area contributed by atoms with Crippen molar-refractivity contribution < 1.29 is 13.9 Å². The van der Waals surface area contributed by atoms with Gasteiger partial charge in [0.05, 0.1) is 18.4 Å². The van der Waals surface area contributed by atoms with Gasteiger partial charge in [-0.05, 0) is 18.2 Å². The van der Waals surface area contributed by atoms with Gasteiger partial charge >= 0.3 is 5.97 Å². The number of rotatable bonds is 2. The molecule has 2 rings (SSSR count). The van der Waals surface area contributed by atoms with E-state index in [-0.39, 0.29) is 11.3 Å². The van der Waals surface area contributed by atoms with Crippen LogP contribution in [0.15, 0.2) is 24.4 Å². The number of alkyl halides is 1. The molecule has 5 heteroatoms. The Labute approximate surface area is 91.1 Å². The largest absolute Gasteiger partial charge is 0.465 e. The Morgan fingerprint density at radius 3 is 3.06 bits per heavy atom. The molecule has 0 N–H and O–H groups in total. The molecule has 0 radical (unpaired) electrons. The van der Waals surface area contributed by atoms with E-state index in [1.165, 1.54) is 13.2 Å². The molecule has 0 saturated carbocycles. The lowest BCUT2D eigenvalue weighted by atomic mass is 10.1. The van der Waals surface area contributed by atoms with E-state index in [0.29, 0.717) is 11.0 Å². The van der Waals surface area contributed by atoms with Crippen molar-refractivity contribution in [2.24, 2.45) is 0 Å². The van der Waals surface area contributed by atoms with Crippen molar-refractivity contribution in [1.29, 1.82) is 0 Å². The van der Waals surface area contributed by atoms with Crippen molar-refractivity contribution in [3.8, 4) is 0 Å². The summed E-state index contributed by atoms with van der Waals surface area (Å²) >= 11 is 0. The molecule has 4 nitrogen and oxygen atoms in total. The Kier molecular flexibility index (Phi) is 2.76. The number of nitrogens with zero attached hydrogens (tertiary/aromatic N) is 2. The maximum atomic E-state index is 12.7. The van der Waals surface area contributed by atoms with Gasteiger partial charge in [0.1, 0.15) is 6.67 Å². The highest BCUT2D eigenvalue weighted by molar-refractivity contribution is 5.94. The maximum absolute atomic E-state index is 12.7. The van der Waals surface area contributed by atoms with E-state index < -0.39 is 12.6 Å². The summed E-state index contributed by atoms with van der Waals surface area (Å²) in [5.74, 6) is -0.592. The Bertz CT molecular complexity index is 542. The fourth-order valence-corrected chi connectivity index (χ4v) is 1.43. The zero-order valence-corrected chi connectivity index (χ0v) is 8.61. The molecule has 0 amide bonds. The number of methoxy groups -OCH3 is 1. The number of aromatic nitrogens is 2. The molecule has 0 saturated heterocycles. The number of hydrogen-bond donors (Lipinski definition) is 0. The zero-order chi connectivity index (χ0) is 11.5. The fraction of sp³-hybridized carbons (Fsp3) is 0.182. The quantitative estimate of drug-likeness (QED) is 0.725. The minimum absolute atomic E-state index is 0.0538. The van der Waals surface area contributed by atoms with E-state index in [9.17, 15) is 9.18 Å². The van der Waals surface area contributed by atoms with E-state index in [0.717, 1.165) is 0 Å². The van der Waals surface area contributed by atoms with Crippen LogP contribution in [-0.2, 0) is 11.4 Å². The third-order valence-corrected chi connectivity index (χ3v) is 2.20. The fourth-order valence-electron chi connectivity index (χ4n) is 1.43. The predicted molar refractivity (Wildman–Crippen MR) is 55.7 cm³/mol. The number of halogens is 1. The molecule has 0 aliphatic rings. The van der Waals surface area contributed by atoms with Gasteiger partial charge in [-0.2, -0.15) is 0 Å². The molecule has 2 aromatic rings. The monoisotopic (exact) mass is 220 g/mol. The summed E-state index contributed by atoms with van der Waals surface area (Å²) < 4.78 is 17.3. The average molecular weight is 220 g/mol. The Morgan fingerprint density at radius 1 is 1.56 bits per heavy atom. The lowest BCUT2D eigenvalue weighted by Gasteiger charge is -2.05. The van der Waals surface area contributed by atoms with Gasteiger partial charge in [-0.15, -0.1) is 0 Å². The molecule has 0 aromatic carbocycles. The third-order valence-electron chi connectivity index (χ3n) is 2.20. The first-order valence-corrected chi connectivity index (χ1v) is 4.65. The van der Waals surface area contributed by atoms with Gasteiger partial charge in [0.2, 0.25) is 0 Å². The minimum atomic E-state index is -0.822. The summed E-state index contributed by atoms with van der Waals surface area (Å²) in [7, 11) is 1.25.